The van der Waals surface area contributed by atoms with Gasteiger partial charge in [0.15, 0.2) is 0 Å². The summed E-state index contributed by atoms with van der Waals surface area (Å²) >= 11 is 0. The molecule has 0 heterocycles. The van der Waals surface area contributed by atoms with Gasteiger partial charge >= 0.3 is 0 Å². The first kappa shape index (κ1) is 14.6. The van der Waals surface area contributed by atoms with Crippen molar-refractivity contribution >= 4 is 0 Å². The van der Waals surface area contributed by atoms with E-state index in [4.69, 9.17) is 0 Å². The van der Waals surface area contributed by atoms with Crippen LogP contribution < -0.4 is 0 Å². The van der Waals surface area contributed by atoms with Crippen LogP contribution in [-0.2, 0) is 0 Å². The van der Waals surface area contributed by atoms with Gasteiger partial charge in [0.05, 0.1) is 6.10 Å². The second-order valence-electron chi connectivity index (χ2n) is 8.59. The summed E-state index contributed by atoms with van der Waals surface area (Å²) in [6.07, 6.45) is 12.8. The van der Waals surface area contributed by atoms with Crippen LogP contribution in [-0.4, -0.2) is 16.3 Å². The van der Waals surface area contributed by atoms with E-state index in [0.717, 1.165) is 12.8 Å². The molecule has 0 aromatic carbocycles. The van der Waals surface area contributed by atoms with Crippen molar-refractivity contribution in [1.29, 1.82) is 0 Å². The Labute approximate surface area is 133 Å². The molecule has 2 N–H and O–H groups in total. The van der Waals surface area contributed by atoms with E-state index in [1.54, 1.807) is 0 Å². The van der Waals surface area contributed by atoms with Gasteiger partial charge in [-0.1, -0.05) is 32.9 Å². The lowest BCUT2D eigenvalue weighted by molar-refractivity contribution is -0.0661. The summed E-state index contributed by atoms with van der Waals surface area (Å²) in [5.41, 5.74) is 1.47. The minimum Gasteiger partial charge on any atom is -0.508 e. The number of rotatable bonds is 0. The molecule has 4 rings (SSSR count). The lowest BCUT2D eigenvalue weighted by Crippen LogP contribution is -2.51. The Hall–Kier alpha value is -1.02. The van der Waals surface area contributed by atoms with Crippen LogP contribution in [0, 0.1) is 34.5 Å². The molecular weight excluding hydrogens is 272 g/mol. The molecule has 22 heavy (non-hydrogen) atoms. The van der Waals surface area contributed by atoms with Crippen LogP contribution in [0.1, 0.15) is 46.5 Å². The third kappa shape index (κ3) is 1.71. The van der Waals surface area contributed by atoms with Crippen LogP contribution in [0.2, 0.25) is 0 Å². The van der Waals surface area contributed by atoms with Gasteiger partial charge in [0.2, 0.25) is 0 Å². The van der Waals surface area contributed by atoms with Gasteiger partial charge in [-0.2, -0.15) is 0 Å². The fourth-order valence-corrected chi connectivity index (χ4v) is 6.28. The molecule has 2 heteroatoms. The Morgan fingerprint density at radius 2 is 1.91 bits per heavy atom. The maximum Gasteiger partial charge on any atom is 0.115 e. The van der Waals surface area contributed by atoms with Crippen LogP contribution in [0.5, 0.6) is 0 Å². The van der Waals surface area contributed by atoms with Crippen LogP contribution in [0.4, 0.5) is 0 Å². The highest BCUT2D eigenvalue weighted by molar-refractivity contribution is 5.43. The van der Waals surface area contributed by atoms with Gasteiger partial charge in [0.25, 0.3) is 0 Å². The first-order valence-corrected chi connectivity index (χ1v) is 8.86. The molecule has 0 bridgehead atoms. The molecule has 120 valence electrons. The maximum atomic E-state index is 10.5. The van der Waals surface area contributed by atoms with Crippen LogP contribution in [0.15, 0.2) is 35.6 Å². The van der Waals surface area contributed by atoms with Gasteiger partial charge in [-0.05, 0) is 72.5 Å². The van der Waals surface area contributed by atoms with Gasteiger partial charge in [-0.25, -0.2) is 0 Å². The highest BCUT2D eigenvalue weighted by Gasteiger charge is 2.59. The van der Waals surface area contributed by atoms with Crippen molar-refractivity contribution in [3.63, 3.8) is 0 Å². The normalized spacial score (nSPS) is 53.2. The number of aliphatic hydroxyl groups excluding tert-OH is 2. The van der Waals surface area contributed by atoms with Gasteiger partial charge in [0, 0.05) is 5.41 Å². The molecule has 0 radical (unpaired) electrons. The zero-order chi connectivity index (χ0) is 15.7. The monoisotopic (exact) mass is 300 g/mol. The number of aliphatic hydroxyl groups is 2. The zero-order valence-electron chi connectivity index (χ0n) is 13.9. The summed E-state index contributed by atoms with van der Waals surface area (Å²) in [6.45, 7) is 7.00. The third-order valence-corrected chi connectivity index (χ3v) is 7.63. The van der Waals surface area contributed by atoms with Crippen molar-refractivity contribution in [3.05, 3.63) is 35.6 Å². The van der Waals surface area contributed by atoms with E-state index >= 15 is 0 Å². The molecule has 0 saturated heterocycles. The Morgan fingerprint density at radius 3 is 2.68 bits per heavy atom. The van der Waals surface area contributed by atoms with E-state index in [9.17, 15) is 10.2 Å². The predicted molar refractivity (Wildman–Crippen MR) is 88.3 cm³/mol. The van der Waals surface area contributed by atoms with Gasteiger partial charge in [-0.15, -0.1) is 0 Å². The average Bonchev–Trinajstić information content (AvgIpc) is 2.77. The summed E-state index contributed by atoms with van der Waals surface area (Å²) in [4.78, 5) is 0. The standard InChI is InChI=1S/C20H28O2/c1-12-10-13-11-14(21)6-8-19(13,2)16-7-9-20(3)15(18(12)16)4-5-17(20)22/h6,8,10-12,15-18,21-22H,4-5,7,9H2,1-3H3/t12-,15-,16-,17-,18-,19-,20-/m0/s1. The molecular formula is C20H28O2. The molecule has 2 nitrogen and oxygen atoms in total. The van der Waals surface area contributed by atoms with Crippen LogP contribution in [0.25, 0.3) is 0 Å². The number of hydrogen-bond donors (Lipinski definition) is 2. The molecule has 0 aromatic rings. The van der Waals surface area contributed by atoms with Crippen molar-refractivity contribution in [2.24, 2.45) is 34.5 Å². The van der Waals surface area contributed by atoms with Crippen LogP contribution in [0.3, 0.4) is 0 Å². The van der Waals surface area contributed by atoms with Crippen molar-refractivity contribution in [2.75, 3.05) is 0 Å². The lowest BCUT2D eigenvalue weighted by Gasteiger charge is -2.57. The molecule has 0 amide bonds. The van der Waals surface area contributed by atoms with Gasteiger partial charge < -0.3 is 10.2 Å². The first-order valence-electron chi connectivity index (χ1n) is 8.86. The number of allylic oxidation sites excluding steroid dienone is 5. The Morgan fingerprint density at radius 1 is 1.14 bits per heavy atom. The second kappa shape index (κ2) is 4.50. The fraction of sp³-hybridized carbons (Fsp3) is 0.700. The van der Waals surface area contributed by atoms with Crippen molar-refractivity contribution in [1.82, 2.24) is 0 Å². The van der Waals surface area contributed by atoms with Gasteiger partial charge in [0.1, 0.15) is 5.76 Å². The SMILES string of the molecule is C[C@H]1C=C2C=C(O)C=C[C@]2(C)[C@H]2CC[C@]3(C)[C@@H](O)CC[C@H]3[C@H]12. The molecule has 0 unspecified atom stereocenters. The van der Waals surface area contributed by atoms with E-state index in [1.807, 2.05) is 12.2 Å². The highest BCUT2D eigenvalue weighted by Crippen LogP contribution is 2.64. The first-order chi connectivity index (χ1) is 10.4. The van der Waals surface area contributed by atoms with Crippen molar-refractivity contribution in [2.45, 2.75) is 52.6 Å². The maximum absolute atomic E-state index is 10.5. The number of hydrogen-bond acceptors (Lipinski definition) is 2. The smallest absolute Gasteiger partial charge is 0.115 e. The summed E-state index contributed by atoms with van der Waals surface area (Å²) in [5.74, 6) is 2.83. The predicted octanol–water partition coefficient (Wildman–Crippen LogP) is 4.38. The van der Waals surface area contributed by atoms with E-state index < -0.39 is 0 Å². The Kier molecular flexibility index (Phi) is 2.98. The minimum atomic E-state index is -0.116. The molecule has 4 aliphatic carbocycles. The van der Waals surface area contributed by atoms with E-state index in [0.29, 0.717) is 29.4 Å². The minimum absolute atomic E-state index is 0.0538. The quantitative estimate of drug-likeness (QED) is 0.697. The second-order valence-corrected chi connectivity index (χ2v) is 8.59. The molecule has 0 aromatic heterocycles. The Bertz CT molecular complexity index is 587. The summed E-state index contributed by atoms with van der Waals surface area (Å²) in [7, 11) is 0. The molecule has 0 spiro atoms. The largest absolute Gasteiger partial charge is 0.508 e. The van der Waals surface area contributed by atoms with Crippen molar-refractivity contribution < 1.29 is 10.2 Å². The van der Waals surface area contributed by atoms with Crippen molar-refractivity contribution in [3.8, 4) is 0 Å². The van der Waals surface area contributed by atoms with Crippen LogP contribution >= 0.6 is 0 Å². The zero-order valence-corrected chi connectivity index (χ0v) is 13.9. The fourth-order valence-electron chi connectivity index (χ4n) is 6.28. The lowest BCUT2D eigenvalue weighted by atomic mass is 9.47. The Balaban J connectivity index is 1.79. The van der Waals surface area contributed by atoms with E-state index in [-0.39, 0.29) is 16.9 Å². The summed E-state index contributed by atoms with van der Waals surface area (Å²) in [6, 6.07) is 0. The van der Waals surface area contributed by atoms with Gasteiger partial charge in [-0.3, -0.25) is 0 Å². The molecule has 0 aliphatic heterocycles. The summed E-state index contributed by atoms with van der Waals surface area (Å²) < 4.78 is 0. The molecule has 2 fully saturated rings. The molecule has 7 atom stereocenters. The van der Waals surface area contributed by atoms with E-state index in [2.05, 4.69) is 32.9 Å². The molecule has 4 aliphatic rings. The average molecular weight is 300 g/mol. The number of fused-ring (bicyclic) bond motifs is 5. The van der Waals surface area contributed by atoms with E-state index in [1.165, 1.54) is 18.4 Å². The third-order valence-electron chi connectivity index (χ3n) is 7.63. The topological polar surface area (TPSA) is 40.5 Å². The highest BCUT2D eigenvalue weighted by atomic mass is 16.3. The molecule has 2 saturated carbocycles. The summed E-state index contributed by atoms with van der Waals surface area (Å²) in [5, 5.41) is 20.4.